The van der Waals surface area contributed by atoms with Crippen molar-refractivity contribution < 1.29 is 4.74 Å². The molecule has 0 saturated carbocycles. The molecule has 2 aromatic heterocycles. The maximum atomic E-state index is 6.27. The fourth-order valence-corrected chi connectivity index (χ4v) is 4.17. The second-order valence-electron chi connectivity index (χ2n) is 6.79. The van der Waals surface area contributed by atoms with Crippen LogP contribution in [-0.2, 0) is 4.74 Å². The van der Waals surface area contributed by atoms with E-state index in [4.69, 9.17) is 45.1 Å². The number of H-pyrrole nitrogens is 1. The molecule has 6 nitrogen and oxygen atoms in total. The first-order valence-corrected chi connectivity index (χ1v) is 10.7. The predicted molar refractivity (Wildman–Crippen MR) is 119 cm³/mol. The molecule has 1 aliphatic heterocycles. The Morgan fingerprint density at radius 1 is 1.21 bits per heavy atom. The number of hydrogen-bond donors (Lipinski definition) is 1. The lowest BCUT2D eigenvalue weighted by Crippen LogP contribution is -2.37. The fourth-order valence-electron chi connectivity index (χ4n) is 3.58. The Kier molecular flexibility index (Phi) is 6.20. The van der Waals surface area contributed by atoms with Crippen molar-refractivity contribution in [1.82, 2.24) is 19.5 Å². The molecule has 0 spiro atoms. The Balaban J connectivity index is 1.75. The van der Waals surface area contributed by atoms with Crippen molar-refractivity contribution in [2.24, 2.45) is 0 Å². The van der Waals surface area contributed by atoms with Crippen molar-refractivity contribution in [2.75, 3.05) is 31.2 Å². The third kappa shape index (κ3) is 4.19. The zero-order valence-electron chi connectivity index (χ0n) is 15.9. The number of aromatic nitrogens is 4. The summed E-state index contributed by atoms with van der Waals surface area (Å²) in [7, 11) is 0. The molecule has 0 aliphatic carbocycles. The van der Waals surface area contributed by atoms with Gasteiger partial charge in [0.05, 0.1) is 40.7 Å². The highest BCUT2D eigenvalue weighted by molar-refractivity contribution is 7.71. The summed E-state index contributed by atoms with van der Waals surface area (Å²) in [6.45, 7) is 5.05. The number of benzene rings is 1. The summed E-state index contributed by atoms with van der Waals surface area (Å²) < 4.78 is 8.14. The van der Waals surface area contributed by atoms with Gasteiger partial charge in [-0.25, -0.2) is 9.97 Å². The van der Waals surface area contributed by atoms with E-state index in [-0.39, 0.29) is 6.04 Å². The molecule has 1 saturated heterocycles. The molecule has 1 fully saturated rings. The van der Waals surface area contributed by atoms with Crippen molar-refractivity contribution in [3.8, 4) is 11.4 Å². The van der Waals surface area contributed by atoms with E-state index < -0.39 is 0 Å². The van der Waals surface area contributed by atoms with Crippen molar-refractivity contribution in [1.29, 1.82) is 0 Å². The molecule has 1 atom stereocenters. The van der Waals surface area contributed by atoms with E-state index in [1.807, 2.05) is 30.5 Å². The summed E-state index contributed by atoms with van der Waals surface area (Å²) in [5.74, 6) is 0.701. The third-order valence-electron chi connectivity index (χ3n) is 5.04. The smallest absolute Gasteiger partial charge is 0.226 e. The molecular formula is C20H21Cl2N5OS. The summed E-state index contributed by atoms with van der Waals surface area (Å²) in [6.07, 6.45) is 4.51. The first kappa shape index (κ1) is 20.3. The Morgan fingerprint density at radius 3 is 2.72 bits per heavy atom. The normalized spacial score (nSPS) is 15.5. The van der Waals surface area contributed by atoms with Gasteiger partial charge >= 0.3 is 0 Å². The fraction of sp³-hybridized carbons (Fsp3) is 0.350. The van der Waals surface area contributed by atoms with Crippen LogP contribution >= 0.6 is 35.4 Å². The highest BCUT2D eigenvalue weighted by Crippen LogP contribution is 2.32. The minimum absolute atomic E-state index is 0.000295. The lowest BCUT2D eigenvalue weighted by molar-refractivity contribution is 0.122. The van der Waals surface area contributed by atoms with E-state index in [1.165, 1.54) is 0 Å². The minimum atomic E-state index is 0.000295. The standard InChI is InChI=1S/C20H21Cl2N5OS/c1-2-17(13-3-4-14(21)15(22)11-13)27-18(12-24-20(27)29)16-5-6-23-19(25-16)26-7-9-28-10-8-26/h3-6,11-12,17H,2,7-10H2,1H3,(H,24,29). The molecule has 0 bridgehead atoms. The van der Waals surface area contributed by atoms with Gasteiger partial charge in [-0.15, -0.1) is 0 Å². The second-order valence-corrected chi connectivity index (χ2v) is 7.99. The van der Waals surface area contributed by atoms with E-state index in [2.05, 4.69) is 26.4 Å². The summed E-state index contributed by atoms with van der Waals surface area (Å²) in [6, 6.07) is 7.61. The summed E-state index contributed by atoms with van der Waals surface area (Å²) in [5, 5.41) is 1.07. The number of nitrogens with zero attached hydrogens (tertiary/aromatic N) is 4. The predicted octanol–water partition coefficient (Wildman–Crippen LogP) is 5.15. The highest BCUT2D eigenvalue weighted by Gasteiger charge is 2.20. The van der Waals surface area contributed by atoms with Crippen LogP contribution in [0.2, 0.25) is 10.0 Å². The lowest BCUT2D eigenvalue weighted by atomic mass is 10.0. The van der Waals surface area contributed by atoms with Crippen LogP contribution in [0.1, 0.15) is 24.9 Å². The molecule has 9 heteroatoms. The van der Waals surface area contributed by atoms with Crippen molar-refractivity contribution in [3.05, 3.63) is 57.0 Å². The number of aromatic amines is 1. The van der Waals surface area contributed by atoms with Gasteiger partial charge in [0.25, 0.3) is 0 Å². The molecule has 1 unspecified atom stereocenters. The van der Waals surface area contributed by atoms with Crippen LogP contribution in [0.25, 0.3) is 11.4 Å². The number of ether oxygens (including phenoxy) is 1. The molecule has 0 radical (unpaired) electrons. The number of rotatable bonds is 5. The van der Waals surface area contributed by atoms with Gasteiger partial charge < -0.3 is 19.2 Å². The topological polar surface area (TPSA) is 59.0 Å². The zero-order valence-corrected chi connectivity index (χ0v) is 18.3. The average molecular weight is 450 g/mol. The van der Waals surface area contributed by atoms with Crippen LogP contribution in [-0.4, -0.2) is 45.8 Å². The molecule has 4 rings (SSSR count). The van der Waals surface area contributed by atoms with E-state index in [0.29, 0.717) is 34.0 Å². The number of halogens is 2. The molecule has 3 heterocycles. The van der Waals surface area contributed by atoms with E-state index in [0.717, 1.165) is 36.5 Å². The van der Waals surface area contributed by atoms with E-state index >= 15 is 0 Å². The molecule has 1 aromatic carbocycles. The van der Waals surface area contributed by atoms with Crippen LogP contribution in [0, 0.1) is 4.77 Å². The monoisotopic (exact) mass is 449 g/mol. The van der Waals surface area contributed by atoms with Crippen LogP contribution in [0.3, 0.4) is 0 Å². The van der Waals surface area contributed by atoms with Gasteiger partial charge in [-0.3, -0.25) is 0 Å². The van der Waals surface area contributed by atoms with E-state index in [9.17, 15) is 0 Å². The molecule has 152 valence electrons. The minimum Gasteiger partial charge on any atom is -0.378 e. The molecule has 1 N–H and O–H groups in total. The molecule has 3 aromatic rings. The van der Waals surface area contributed by atoms with Crippen LogP contribution in [0.15, 0.2) is 36.7 Å². The average Bonchev–Trinajstić information content (AvgIpc) is 3.13. The van der Waals surface area contributed by atoms with Gasteiger partial charge in [-0.05, 0) is 42.4 Å². The first-order valence-electron chi connectivity index (χ1n) is 9.49. The van der Waals surface area contributed by atoms with Crippen molar-refractivity contribution >= 4 is 41.4 Å². The quantitative estimate of drug-likeness (QED) is 0.545. The van der Waals surface area contributed by atoms with Gasteiger partial charge in [-0.2, -0.15) is 0 Å². The number of nitrogens with one attached hydrogen (secondary N) is 1. The van der Waals surface area contributed by atoms with Crippen molar-refractivity contribution in [3.63, 3.8) is 0 Å². The largest absolute Gasteiger partial charge is 0.378 e. The maximum absolute atomic E-state index is 6.27. The Labute approximate surface area is 184 Å². The van der Waals surface area contributed by atoms with Gasteiger partial charge in [0.2, 0.25) is 5.95 Å². The molecule has 29 heavy (non-hydrogen) atoms. The Morgan fingerprint density at radius 2 is 2.00 bits per heavy atom. The van der Waals surface area contributed by atoms with Gasteiger partial charge in [0, 0.05) is 25.5 Å². The summed E-state index contributed by atoms with van der Waals surface area (Å²) in [5.41, 5.74) is 2.76. The SMILES string of the molecule is CCC(c1ccc(Cl)c(Cl)c1)n1c(-c2ccnc(N3CCOCC3)n2)c[nH]c1=S. The molecule has 0 amide bonds. The van der Waals surface area contributed by atoms with Crippen LogP contribution < -0.4 is 4.90 Å². The number of anilines is 1. The molecular weight excluding hydrogens is 429 g/mol. The highest BCUT2D eigenvalue weighted by atomic mass is 35.5. The number of morpholine rings is 1. The second kappa shape index (κ2) is 8.83. The van der Waals surface area contributed by atoms with Crippen LogP contribution in [0.4, 0.5) is 5.95 Å². The van der Waals surface area contributed by atoms with Gasteiger partial charge in [0.1, 0.15) is 0 Å². The first-order chi connectivity index (χ1) is 14.1. The van der Waals surface area contributed by atoms with Crippen molar-refractivity contribution in [2.45, 2.75) is 19.4 Å². The lowest BCUT2D eigenvalue weighted by Gasteiger charge is -2.27. The Hall–Kier alpha value is -1.93. The van der Waals surface area contributed by atoms with Crippen LogP contribution in [0.5, 0.6) is 0 Å². The van der Waals surface area contributed by atoms with E-state index in [1.54, 1.807) is 6.20 Å². The maximum Gasteiger partial charge on any atom is 0.226 e. The zero-order chi connectivity index (χ0) is 20.4. The Bertz CT molecular complexity index is 1060. The summed E-state index contributed by atoms with van der Waals surface area (Å²) in [4.78, 5) is 14.6. The third-order valence-corrected chi connectivity index (χ3v) is 6.09. The van der Waals surface area contributed by atoms with Gasteiger partial charge in [0.15, 0.2) is 4.77 Å². The number of imidazole rings is 1. The molecule has 1 aliphatic rings. The summed E-state index contributed by atoms with van der Waals surface area (Å²) >= 11 is 18.0. The van der Waals surface area contributed by atoms with Gasteiger partial charge in [-0.1, -0.05) is 36.2 Å². The number of hydrogen-bond acceptors (Lipinski definition) is 5.